The molecule has 0 amide bonds. The molecule has 2 N–H and O–H groups in total. The normalized spacial score (nSPS) is 10.3. The van der Waals surface area contributed by atoms with Crippen LogP contribution in [-0.4, -0.2) is 5.97 Å². The summed E-state index contributed by atoms with van der Waals surface area (Å²) in [5.74, 6) is -2.35. The highest BCUT2D eigenvalue weighted by Crippen LogP contribution is 2.19. The first-order valence-electron chi connectivity index (χ1n) is 5.64. The molecule has 0 aromatic heterocycles. The number of hydrogen-bond donors (Lipinski definition) is 1. The van der Waals surface area contributed by atoms with Crippen molar-refractivity contribution >= 4 is 23.3 Å². The molecule has 104 valence electrons. The van der Waals surface area contributed by atoms with Crippen LogP contribution in [0.5, 0.6) is 0 Å². The van der Waals surface area contributed by atoms with Crippen molar-refractivity contribution in [2.75, 3.05) is 5.73 Å². The third-order valence-corrected chi connectivity index (χ3v) is 2.89. The number of anilines is 1. The van der Waals surface area contributed by atoms with Gasteiger partial charge in [-0.25, -0.2) is 13.6 Å². The minimum atomic E-state index is -0.922. The van der Waals surface area contributed by atoms with E-state index in [0.29, 0.717) is 0 Å². The lowest BCUT2D eigenvalue weighted by Gasteiger charge is -2.08. The number of ether oxygens (including phenoxy) is 1. The van der Waals surface area contributed by atoms with Gasteiger partial charge in [0.05, 0.1) is 10.6 Å². The smallest absolute Gasteiger partial charge is 0.341 e. The summed E-state index contributed by atoms with van der Waals surface area (Å²) in [7, 11) is 0. The Morgan fingerprint density at radius 1 is 1.25 bits per heavy atom. The Morgan fingerprint density at radius 2 is 2.00 bits per heavy atom. The lowest BCUT2D eigenvalue weighted by molar-refractivity contribution is 0.0463. The first kappa shape index (κ1) is 14.3. The van der Waals surface area contributed by atoms with Crippen LogP contribution in [0.3, 0.4) is 0 Å². The van der Waals surface area contributed by atoms with Crippen LogP contribution in [0.15, 0.2) is 36.4 Å². The molecule has 0 unspecified atom stereocenters. The van der Waals surface area contributed by atoms with Crippen LogP contribution in [0, 0.1) is 11.6 Å². The van der Waals surface area contributed by atoms with Crippen molar-refractivity contribution in [3.8, 4) is 0 Å². The Kier molecular flexibility index (Phi) is 4.20. The summed E-state index contributed by atoms with van der Waals surface area (Å²) in [6.45, 7) is -0.348. The Labute approximate surface area is 118 Å². The Bertz CT molecular complexity index is 662. The van der Waals surface area contributed by atoms with Gasteiger partial charge >= 0.3 is 5.97 Å². The Morgan fingerprint density at radius 3 is 2.75 bits per heavy atom. The molecular formula is C14H10ClF2NO2. The topological polar surface area (TPSA) is 52.3 Å². The monoisotopic (exact) mass is 297 g/mol. The number of rotatable bonds is 3. The molecule has 0 spiro atoms. The van der Waals surface area contributed by atoms with Gasteiger partial charge in [-0.3, -0.25) is 0 Å². The van der Waals surface area contributed by atoms with Crippen molar-refractivity contribution in [3.05, 3.63) is 64.2 Å². The van der Waals surface area contributed by atoms with Gasteiger partial charge in [0, 0.05) is 11.3 Å². The van der Waals surface area contributed by atoms with Crippen LogP contribution in [0.1, 0.15) is 15.9 Å². The zero-order valence-corrected chi connectivity index (χ0v) is 11.0. The van der Waals surface area contributed by atoms with Crippen LogP contribution >= 0.6 is 11.6 Å². The van der Waals surface area contributed by atoms with Gasteiger partial charge in [-0.15, -0.1) is 0 Å². The second-order valence-electron chi connectivity index (χ2n) is 4.03. The summed E-state index contributed by atoms with van der Waals surface area (Å²) in [5.41, 5.74) is 5.50. The van der Waals surface area contributed by atoms with E-state index in [1.54, 1.807) is 0 Å². The van der Waals surface area contributed by atoms with Gasteiger partial charge in [-0.2, -0.15) is 0 Å². The lowest BCUT2D eigenvalue weighted by Crippen LogP contribution is -2.09. The zero-order valence-electron chi connectivity index (χ0n) is 10.2. The number of nitrogens with two attached hydrogens (primary N) is 1. The van der Waals surface area contributed by atoms with Crippen molar-refractivity contribution < 1.29 is 18.3 Å². The van der Waals surface area contributed by atoms with E-state index < -0.39 is 17.6 Å². The van der Waals surface area contributed by atoms with Crippen molar-refractivity contribution in [2.45, 2.75) is 6.61 Å². The maximum atomic E-state index is 13.6. The fraction of sp³-hybridized carbons (Fsp3) is 0.0714. The number of halogens is 3. The fourth-order valence-electron chi connectivity index (χ4n) is 1.58. The highest BCUT2D eigenvalue weighted by atomic mass is 35.5. The second-order valence-corrected chi connectivity index (χ2v) is 4.44. The van der Waals surface area contributed by atoms with E-state index in [-0.39, 0.29) is 28.4 Å². The molecule has 0 aliphatic heterocycles. The molecule has 0 saturated heterocycles. The van der Waals surface area contributed by atoms with Gasteiger partial charge in [-0.05, 0) is 24.3 Å². The molecule has 6 heteroatoms. The quantitative estimate of drug-likeness (QED) is 0.696. The SMILES string of the molecule is Nc1ccc(F)c(C(=O)OCc2cccc(Cl)c2F)c1. The largest absolute Gasteiger partial charge is 0.457 e. The average molecular weight is 298 g/mol. The molecule has 2 rings (SSSR count). The molecule has 2 aromatic carbocycles. The summed E-state index contributed by atoms with van der Waals surface area (Å²) in [5, 5.41) is -0.0753. The first-order valence-corrected chi connectivity index (χ1v) is 6.02. The van der Waals surface area contributed by atoms with Gasteiger partial charge in [0.25, 0.3) is 0 Å². The zero-order chi connectivity index (χ0) is 14.7. The molecule has 20 heavy (non-hydrogen) atoms. The van der Waals surface area contributed by atoms with E-state index in [4.69, 9.17) is 22.1 Å². The molecule has 3 nitrogen and oxygen atoms in total. The molecule has 0 bridgehead atoms. The fourth-order valence-corrected chi connectivity index (χ4v) is 1.77. The highest BCUT2D eigenvalue weighted by Gasteiger charge is 2.15. The van der Waals surface area contributed by atoms with Gasteiger partial charge < -0.3 is 10.5 Å². The van der Waals surface area contributed by atoms with Crippen molar-refractivity contribution in [2.24, 2.45) is 0 Å². The predicted octanol–water partition coefficient (Wildman–Crippen LogP) is 3.56. The van der Waals surface area contributed by atoms with Crippen LogP contribution in [-0.2, 0) is 11.3 Å². The van der Waals surface area contributed by atoms with E-state index in [1.807, 2.05) is 0 Å². The number of carbonyl (C=O) groups is 1. The Hall–Kier alpha value is -2.14. The standard InChI is InChI=1S/C14H10ClF2NO2/c15-11-3-1-2-8(13(11)17)7-20-14(19)10-6-9(18)4-5-12(10)16/h1-6H,7,18H2. The van der Waals surface area contributed by atoms with Gasteiger partial charge in [0.2, 0.25) is 0 Å². The van der Waals surface area contributed by atoms with Gasteiger partial charge in [0.15, 0.2) is 0 Å². The third kappa shape index (κ3) is 3.05. The van der Waals surface area contributed by atoms with Crippen molar-refractivity contribution in [1.29, 1.82) is 0 Å². The van der Waals surface area contributed by atoms with E-state index >= 15 is 0 Å². The molecular weight excluding hydrogens is 288 g/mol. The molecule has 0 aliphatic rings. The van der Waals surface area contributed by atoms with E-state index in [1.165, 1.54) is 24.3 Å². The van der Waals surface area contributed by atoms with E-state index in [2.05, 4.69) is 0 Å². The van der Waals surface area contributed by atoms with Crippen LogP contribution in [0.2, 0.25) is 5.02 Å². The molecule has 0 radical (unpaired) electrons. The lowest BCUT2D eigenvalue weighted by atomic mass is 10.2. The van der Waals surface area contributed by atoms with Gasteiger partial charge in [-0.1, -0.05) is 23.7 Å². The maximum Gasteiger partial charge on any atom is 0.341 e. The second kappa shape index (κ2) is 5.88. The Balaban J connectivity index is 2.13. The van der Waals surface area contributed by atoms with Crippen molar-refractivity contribution in [1.82, 2.24) is 0 Å². The average Bonchev–Trinajstić information content (AvgIpc) is 2.43. The van der Waals surface area contributed by atoms with E-state index in [0.717, 1.165) is 12.1 Å². The maximum absolute atomic E-state index is 13.6. The molecule has 0 saturated carbocycles. The minimum Gasteiger partial charge on any atom is -0.457 e. The molecule has 0 fully saturated rings. The number of carbonyl (C=O) groups excluding carboxylic acids is 1. The summed E-state index contributed by atoms with van der Waals surface area (Å²) in [6.07, 6.45) is 0. The van der Waals surface area contributed by atoms with E-state index in [9.17, 15) is 13.6 Å². The van der Waals surface area contributed by atoms with Crippen LogP contribution in [0.25, 0.3) is 0 Å². The number of nitrogen functional groups attached to an aromatic ring is 1. The van der Waals surface area contributed by atoms with Crippen LogP contribution < -0.4 is 5.73 Å². The van der Waals surface area contributed by atoms with Crippen molar-refractivity contribution in [3.63, 3.8) is 0 Å². The first-order chi connectivity index (χ1) is 9.49. The third-order valence-electron chi connectivity index (χ3n) is 2.60. The number of esters is 1. The predicted molar refractivity (Wildman–Crippen MR) is 71.3 cm³/mol. The summed E-state index contributed by atoms with van der Waals surface area (Å²) >= 11 is 5.60. The summed E-state index contributed by atoms with van der Waals surface area (Å²) in [4.78, 5) is 11.7. The van der Waals surface area contributed by atoms with Crippen LogP contribution in [0.4, 0.5) is 14.5 Å². The molecule has 0 heterocycles. The molecule has 0 aliphatic carbocycles. The highest BCUT2D eigenvalue weighted by molar-refractivity contribution is 6.30. The summed E-state index contributed by atoms with van der Waals surface area (Å²) in [6, 6.07) is 7.86. The molecule has 0 atom stereocenters. The number of hydrogen-bond acceptors (Lipinski definition) is 3. The summed E-state index contributed by atoms with van der Waals surface area (Å²) < 4.78 is 31.9. The molecule has 2 aromatic rings. The number of benzene rings is 2. The minimum absolute atomic E-state index is 0.0753. The van der Waals surface area contributed by atoms with Gasteiger partial charge in [0.1, 0.15) is 18.2 Å².